The van der Waals surface area contributed by atoms with Crippen LogP contribution in [0.3, 0.4) is 0 Å². The largest absolute Gasteiger partial charge is 0.493 e. The van der Waals surface area contributed by atoms with Crippen molar-refractivity contribution in [2.75, 3.05) is 31.7 Å². The summed E-state index contributed by atoms with van der Waals surface area (Å²) in [5.74, 6) is 3.23. The SMILES string of the molecule is COc1cccc2c1OCC(Cc1cc(N3CCCCC3)ncn1)C2. The second kappa shape index (κ2) is 7.30. The van der Waals surface area contributed by atoms with Crippen molar-refractivity contribution in [2.45, 2.75) is 32.1 Å². The number of hydrogen-bond donors (Lipinski definition) is 0. The molecule has 2 aliphatic rings. The number of fused-ring (bicyclic) bond motifs is 1. The lowest BCUT2D eigenvalue weighted by Crippen LogP contribution is -2.30. The highest BCUT2D eigenvalue weighted by molar-refractivity contribution is 5.48. The van der Waals surface area contributed by atoms with Gasteiger partial charge in [-0.05, 0) is 43.7 Å². The smallest absolute Gasteiger partial charge is 0.164 e. The summed E-state index contributed by atoms with van der Waals surface area (Å²) < 4.78 is 11.4. The van der Waals surface area contributed by atoms with Crippen LogP contribution < -0.4 is 14.4 Å². The molecule has 3 heterocycles. The molecular weight excluding hydrogens is 314 g/mol. The van der Waals surface area contributed by atoms with Crippen LogP contribution >= 0.6 is 0 Å². The van der Waals surface area contributed by atoms with Crippen molar-refractivity contribution in [1.82, 2.24) is 9.97 Å². The lowest BCUT2D eigenvalue weighted by Gasteiger charge is -2.28. The lowest BCUT2D eigenvalue weighted by molar-refractivity contribution is 0.210. The molecule has 0 bridgehead atoms. The third-order valence-electron chi connectivity index (χ3n) is 5.14. The van der Waals surface area contributed by atoms with Gasteiger partial charge in [0.05, 0.1) is 13.7 Å². The minimum atomic E-state index is 0.434. The molecule has 5 heteroatoms. The van der Waals surface area contributed by atoms with Gasteiger partial charge in [0.1, 0.15) is 12.1 Å². The van der Waals surface area contributed by atoms with E-state index in [-0.39, 0.29) is 0 Å². The van der Waals surface area contributed by atoms with Crippen molar-refractivity contribution in [3.05, 3.63) is 41.9 Å². The molecule has 0 saturated carbocycles. The van der Waals surface area contributed by atoms with Crippen molar-refractivity contribution in [2.24, 2.45) is 5.92 Å². The van der Waals surface area contributed by atoms with E-state index >= 15 is 0 Å². The third kappa shape index (κ3) is 3.55. The van der Waals surface area contributed by atoms with Gasteiger partial charge < -0.3 is 14.4 Å². The van der Waals surface area contributed by atoms with E-state index in [0.717, 1.165) is 48.9 Å². The molecule has 1 unspecified atom stereocenters. The van der Waals surface area contributed by atoms with E-state index in [0.29, 0.717) is 12.5 Å². The fourth-order valence-electron chi connectivity index (χ4n) is 3.84. The Labute approximate surface area is 149 Å². The normalized spacial score (nSPS) is 19.9. The van der Waals surface area contributed by atoms with E-state index in [1.165, 1.54) is 24.8 Å². The van der Waals surface area contributed by atoms with Gasteiger partial charge >= 0.3 is 0 Å². The Bertz CT molecular complexity index is 729. The number of para-hydroxylation sites is 1. The molecule has 2 aromatic rings. The molecule has 4 rings (SSSR count). The summed E-state index contributed by atoms with van der Waals surface area (Å²) in [4.78, 5) is 11.4. The van der Waals surface area contributed by atoms with E-state index < -0.39 is 0 Å². The Kier molecular flexibility index (Phi) is 4.72. The molecule has 1 saturated heterocycles. The maximum atomic E-state index is 6.00. The number of aromatic nitrogens is 2. The van der Waals surface area contributed by atoms with Crippen LogP contribution in [0.4, 0.5) is 5.82 Å². The first kappa shape index (κ1) is 16.2. The number of ether oxygens (including phenoxy) is 2. The number of methoxy groups -OCH3 is 1. The Morgan fingerprint density at radius 1 is 1.20 bits per heavy atom. The molecule has 132 valence electrons. The molecule has 1 atom stereocenters. The molecule has 2 aliphatic heterocycles. The fraction of sp³-hybridized carbons (Fsp3) is 0.500. The Morgan fingerprint density at radius 2 is 2.08 bits per heavy atom. The van der Waals surface area contributed by atoms with Crippen molar-refractivity contribution in [3.8, 4) is 11.5 Å². The minimum Gasteiger partial charge on any atom is -0.493 e. The highest BCUT2D eigenvalue weighted by atomic mass is 16.5. The quantitative estimate of drug-likeness (QED) is 0.855. The Balaban J connectivity index is 1.46. The number of benzene rings is 1. The summed E-state index contributed by atoms with van der Waals surface area (Å²) in [5, 5.41) is 0. The summed E-state index contributed by atoms with van der Waals surface area (Å²) >= 11 is 0. The minimum absolute atomic E-state index is 0.434. The predicted octanol–water partition coefficient (Wildman–Crippen LogP) is 3.27. The molecular formula is C20H25N3O2. The van der Waals surface area contributed by atoms with Crippen molar-refractivity contribution in [3.63, 3.8) is 0 Å². The number of rotatable bonds is 4. The highest BCUT2D eigenvalue weighted by Crippen LogP contribution is 2.36. The zero-order valence-corrected chi connectivity index (χ0v) is 14.8. The average molecular weight is 339 g/mol. The van der Waals surface area contributed by atoms with Gasteiger partial charge in [-0.25, -0.2) is 9.97 Å². The van der Waals surface area contributed by atoms with E-state index in [2.05, 4.69) is 27.0 Å². The molecule has 5 nitrogen and oxygen atoms in total. The first-order chi connectivity index (χ1) is 12.3. The molecule has 0 spiro atoms. The molecule has 0 amide bonds. The number of anilines is 1. The van der Waals surface area contributed by atoms with Crippen LogP contribution in [0.15, 0.2) is 30.6 Å². The summed E-state index contributed by atoms with van der Waals surface area (Å²) in [6, 6.07) is 8.27. The molecule has 0 N–H and O–H groups in total. The number of piperidine rings is 1. The van der Waals surface area contributed by atoms with Gasteiger partial charge in [-0.1, -0.05) is 12.1 Å². The van der Waals surface area contributed by atoms with Gasteiger partial charge in [0, 0.05) is 30.8 Å². The predicted molar refractivity (Wildman–Crippen MR) is 97.5 cm³/mol. The van der Waals surface area contributed by atoms with Crippen LogP contribution in [-0.2, 0) is 12.8 Å². The summed E-state index contributed by atoms with van der Waals surface area (Å²) in [6.07, 6.45) is 7.47. The number of nitrogens with zero attached hydrogens (tertiary/aromatic N) is 3. The second-order valence-corrected chi connectivity index (χ2v) is 6.95. The first-order valence-electron chi connectivity index (χ1n) is 9.18. The first-order valence-corrected chi connectivity index (χ1v) is 9.18. The molecule has 1 fully saturated rings. The average Bonchev–Trinajstić information content (AvgIpc) is 2.68. The second-order valence-electron chi connectivity index (χ2n) is 6.95. The van der Waals surface area contributed by atoms with E-state index in [4.69, 9.17) is 9.47 Å². The fourth-order valence-corrected chi connectivity index (χ4v) is 3.84. The highest BCUT2D eigenvalue weighted by Gasteiger charge is 2.23. The third-order valence-corrected chi connectivity index (χ3v) is 5.14. The van der Waals surface area contributed by atoms with E-state index in [1.807, 2.05) is 12.1 Å². The van der Waals surface area contributed by atoms with Crippen molar-refractivity contribution in [1.29, 1.82) is 0 Å². The molecule has 0 radical (unpaired) electrons. The van der Waals surface area contributed by atoms with Gasteiger partial charge in [0.2, 0.25) is 0 Å². The van der Waals surface area contributed by atoms with Crippen LogP contribution in [0.25, 0.3) is 0 Å². The number of hydrogen-bond acceptors (Lipinski definition) is 5. The molecule has 0 aliphatic carbocycles. The molecule has 1 aromatic carbocycles. The van der Waals surface area contributed by atoms with Gasteiger partial charge in [0.15, 0.2) is 11.5 Å². The maximum Gasteiger partial charge on any atom is 0.164 e. The van der Waals surface area contributed by atoms with E-state index in [9.17, 15) is 0 Å². The summed E-state index contributed by atoms with van der Waals surface area (Å²) in [5.41, 5.74) is 2.33. The van der Waals surface area contributed by atoms with Crippen LogP contribution in [0.2, 0.25) is 0 Å². The lowest BCUT2D eigenvalue weighted by atomic mass is 9.92. The topological polar surface area (TPSA) is 47.5 Å². The van der Waals surface area contributed by atoms with Crippen LogP contribution in [-0.4, -0.2) is 36.8 Å². The monoisotopic (exact) mass is 339 g/mol. The van der Waals surface area contributed by atoms with Crippen LogP contribution in [0, 0.1) is 5.92 Å². The molecule has 25 heavy (non-hydrogen) atoms. The van der Waals surface area contributed by atoms with Crippen molar-refractivity contribution >= 4 is 5.82 Å². The zero-order chi connectivity index (χ0) is 17.1. The van der Waals surface area contributed by atoms with Gasteiger partial charge in [-0.15, -0.1) is 0 Å². The van der Waals surface area contributed by atoms with Gasteiger partial charge in [-0.3, -0.25) is 0 Å². The van der Waals surface area contributed by atoms with Crippen molar-refractivity contribution < 1.29 is 9.47 Å². The Hall–Kier alpha value is -2.30. The summed E-state index contributed by atoms with van der Waals surface area (Å²) in [7, 11) is 1.69. The van der Waals surface area contributed by atoms with Gasteiger partial charge in [0.25, 0.3) is 0 Å². The van der Waals surface area contributed by atoms with Crippen LogP contribution in [0.1, 0.15) is 30.5 Å². The zero-order valence-electron chi connectivity index (χ0n) is 14.8. The molecule has 1 aromatic heterocycles. The van der Waals surface area contributed by atoms with Crippen LogP contribution in [0.5, 0.6) is 11.5 Å². The Morgan fingerprint density at radius 3 is 2.92 bits per heavy atom. The van der Waals surface area contributed by atoms with E-state index in [1.54, 1.807) is 13.4 Å². The van der Waals surface area contributed by atoms with Gasteiger partial charge in [-0.2, -0.15) is 0 Å². The maximum absolute atomic E-state index is 6.00. The summed E-state index contributed by atoms with van der Waals surface area (Å²) in [6.45, 7) is 2.92. The standard InChI is InChI=1S/C20H25N3O2/c1-24-18-7-5-6-16-10-15(13-25-20(16)18)11-17-12-19(22-14-21-17)23-8-3-2-4-9-23/h5-7,12,14-15H,2-4,8-11,13H2,1H3.